The van der Waals surface area contributed by atoms with E-state index in [9.17, 15) is 29.0 Å². The summed E-state index contributed by atoms with van der Waals surface area (Å²) in [6.45, 7) is -1.53. The van der Waals surface area contributed by atoms with Crippen LogP contribution in [0.4, 0.5) is 15.9 Å². The van der Waals surface area contributed by atoms with E-state index in [-0.39, 0.29) is 19.0 Å². The highest BCUT2D eigenvalue weighted by atomic mass is 19.1. The van der Waals surface area contributed by atoms with Gasteiger partial charge in [-0.15, -0.1) is 0 Å². The molecule has 0 saturated carbocycles. The highest BCUT2D eigenvalue weighted by Gasteiger charge is 2.51. The molecule has 1 spiro atoms. The third kappa shape index (κ3) is 4.14. The van der Waals surface area contributed by atoms with E-state index >= 15 is 0 Å². The lowest BCUT2D eigenvalue weighted by atomic mass is 9.79. The quantitative estimate of drug-likeness (QED) is 0.311. The zero-order chi connectivity index (χ0) is 28.1. The lowest BCUT2D eigenvalue weighted by molar-refractivity contribution is -0.151. The van der Waals surface area contributed by atoms with E-state index in [1.54, 1.807) is 12.3 Å². The molecular formula is C29H28FN5O5. The van der Waals surface area contributed by atoms with Gasteiger partial charge in [0.1, 0.15) is 23.7 Å². The van der Waals surface area contributed by atoms with Gasteiger partial charge in [-0.05, 0) is 59.9 Å². The SMILES string of the molecule is O=C(CN1C(=O)C(CO)(CO)NCC1c1ccc(F)cc1)Nc1ccc2c(c1)C[C@@]1(C2)C(=O)Nc2ncccc21. The molecule has 11 heteroatoms. The van der Waals surface area contributed by atoms with E-state index < -0.39 is 47.8 Å². The van der Waals surface area contributed by atoms with Crippen LogP contribution in [0.15, 0.2) is 60.8 Å². The average molecular weight is 546 g/mol. The molecule has 0 bridgehead atoms. The number of aliphatic hydroxyl groups excluding tert-OH is 2. The number of hydrogen-bond acceptors (Lipinski definition) is 7. The number of pyridine rings is 1. The van der Waals surface area contributed by atoms with Gasteiger partial charge < -0.3 is 25.7 Å². The number of benzene rings is 2. The first-order chi connectivity index (χ1) is 19.3. The Morgan fingerprint density at radius 3 is 2.58 bits per heavy atom. The number of fused-ring (bicyclic) bond motifs is 3. The van der Waals surface area contributed by atoms with Crippen molar-refractivity contribution < 1.29 is 29.0 Å². The minimum atomic E-state index is -1.63. The van der Waals surface area contributed by atoms with Crippen molar-refractivity contribution in [1.82, 2.24) is 15.2 Å². The standard InChI is InChI=1S/C29H28FN5O5/c30-20-6-3-17(4-7-20)23-13-32-29(15-36,16-37)27(40)35(23)14-24(38)33-21-8-5-18-11-28(12-19(18)10-21)22-2-1-9-31-25(22)34-26(28)39/h1-10,23,32,36-37H,11-16H2,(H,33,38)(H,31,34,39)/t23?,28-/m1/s1. The predicted octanol–water partition coefficient (Wildman–Crippen LogP) is 1.04. The Morgan fingerprint density at radius 1 is 1.07 bits per heavy atom. The lowest BCUT2D eigenvalue weighted by Gasteiger charge is -2.45. The summed E-state index contributed by atoms with van der Waals surface area (Å²) in [4.78, 5) is 45.2. The Kier molecular flexibility index (Phi) is 6.37. The maximum Gasteiger partial charge on any atom is 0.248 e. The largest absolute Gasteiger partial charge is 0.394 e. The number of nitrogens with zero attached hydrogens (tertiary/aromatic N) is 2. The number of carbonyl (C=O) groups excluding carboxylic acids is 3. The number of rotatable bonds is 6. The van der Waals surface area contributed by atoms with E-state index in [4.69, 9.17) is 0 Å². The number of halogens is 1. The van der Waals surface area contributed by atoms with E-state index in [1.165, 1.54) is 29.2 Å². The van der Waals surface area contributed by atoms with Crippen LogP contribution in [0.2, 0.25) is 0 Å². The minimum Gasteiger partial charge on any atom is -0.394 e. The first-order valence-electron chi connectivity index (χ1n) is 13.0. The van der Waals surface area contributed by atoms with E-state index in [0.29, 0.717) is 29.9 Å². The topological polar surface area (TPSA) is 144 Å². The Labute approximate surface area is 229 Å². The van der Waals surface area contributed by atoms with Crippen LogP contribution in [0, 0.1) is 5.82 Å². The summed E-state index contributed by atoms with van der Waals surface area (Å²) < 4.78 is 13.5. The van der Waals surface area contributed by atoms with Crippen molar-refractivity contribution in [3.63, 3.8) is 0 Å². The molecule has 2 aromatic carbocycles. The lowest BCUT2D eigenvalue weighted by Crippen LogP contribution is -2.69. The van der Waals surface area contributed by atoms with Gasteiger partial charge in [0.05, 0.1) is 24.7 Å². The summed E-state index contributed by atoms with van der Waals surface area (Å²) in [5.74, 6) is -1.07. The third-order valence-electron chi connectivity index (χ3n) is 8.25. The van der Waals surface area contributed by atoms with Crippen molar-refractivity contribution >= 4 is 29.2 Å². The van der Waals surface area contributed by atoms with Crippen LogP contribution < -0.4 is 16.0 Å². The van der Waals surface area contributed by atoms with Gasteiger partial charge in [0.15, 0.2) is 0 Å². The Balaban J connectivity index is 1.22. The number of hydrogen-bond donors (Lipinski definition) is 5. The first-order valence-corrected chi connectivity index (χ1v) is 13.0. The van der Waals surface area contributed by atoms with Crippen LogP contribution in [0.5, 0.6) is 0 Å². The Morgan fingerprint density at radius 2 is 1.82 bits per heavy atom. The molecule has 206 valence electrons. The minimum absolute atomic E-state index is 0.0942. The molecule has 10 nitrogen and oxygen atoms in total. The molecule has 1 unspecified atom stereocenters. The first kappa shape index (κ1) is 26.1. The van der Waals surface area contributed by atoms with Crippen LogP contribution in [0.3, 0.4) is 0 Å². The predicted molar refractivity (Wildman–Crippen MR) is 143 cm³/mol. The molecule has 3 aliphatic rings. The maximum absolute atomic E-state index is 13.5. The van der Waals surface area contributed by atoms with Gasteiger partial charge in [-0.3, -0.25) is 19.7 Å². The molecule has 1 aromatic heterocycles. The highest BCUT2D eigenvalue weighted by molar-refractivity contribution is 6.06. The number of nitrogens with one attached hydrogen (secondary N) is 3. The van der Waals surface area contributed by atoms with Crippen molar-refractivity contribution in [2.75, 3.05) is 36.9 Å². The summed E-state index contributed by atoms with van der Waals surface area (Å²) in [6.07, 6.45) is 2.64. The zero-order valence-corrected chi connectivity index (χ0v) is 21.5. The fraction of sp³-hybridized carbons (Fsp3) is 0.310. The van der Waals surface area contributed by atoms with Gasteiger partial charge in [0.25, 0.3) is 0 Å². The summed E-state index contributed by atoms with van der Waals surface area (Å²) >= 11 is 0. The second-order valence-electron chi connectivity index (χ2n) is 10.6. The van der Waals surface area contributed by atoms with E-state index in [0.717, 1.165) is 16.7 Å². The normalized spacial score (nSPS) is 22.7. The molecule has 2 atom stereocenters. The van der Waals surface area contributed by atoms with Gasteiger partial charge >= 0.3 is 0 Å². The summed E-state index contributed by atoms with van der Waals surface area (Å²) in [7, 11) is 0. The fourth-order valence-corrected chi connectivity index (χ4v) is 6.06. The van der Waals surface area contributed by atoms with Gasteiger partial charge in [-0.1, -0.05) is 24.3 Å². The van der Waals surface area contributed by atoms with Crippen molar-refractivity contribution in [1.29, 1.82) is 0 Å². The molecule has 1 aliphatic carbocycles. The number of amides is 3. The fourth-order valence-electron chi connectivity index (χ4n) is 6.06. The molecule has 3 amide bonds. The number of aromatic nitrogens is 1. The van der Waals surface area contributed by atoms with Gasteiger partial charge in [-0.25, -0.2) is 9.37 Å². The summed E-state index contributed by atoms with van der Waals surface area (Å²) in [5, 5.41) is 28.4. The Hall–Kier alpha value is -4.19. The molecular weight excluding hydrogens is 517 g/mol. The van der Waals surface area contributed by atoms with Crippen molar-refractivity contribution in [2.45, 2.75) is 29.8 Å². The molecule has 0 radical (unpaired) electrons. The second kappa shape index (κ2) is 9.77. The van der Waals surface area contributed by atoms with Gasteiger partial charge in [0, 0.05) is 24.0 Å². The molecule has 1 fully saturated rings. The van der Waals surface area contributed by atoms with Crippen molar-refractivity contribution in [3.05, 3.63) is 88.9 Å². The molecule has 6 rings (SSSR count). The molecule has 5 N–H and O–H groups in total. The number of carbonyl (C=O) groups is 3. The highest BCUT2D eigenvalue weighted by Crippen LogP contribution is 2.47. The maximum atomic E-state index is 13.5. The van der Waals surface area contributed by atoms with Crippen molar-refractivity contribution in [3.8, 4) is 0 Å². The number of aliphatic hydroxyl groups is 2. The number of anilines is 2. The van der Waals surface area contributed by atoms with E-state index in [1.807, 2.05) is 24.3 Å². The van der Waals surface area contributed by atoms with Gasteiger partial charge in [-0.2, -0.15) is 0 Å². The van der Waals surface area contributed by atoms with Crippen molar-refractivity contribution in [2.24, 2.45) is 0 Å². The molecule has 3 aromatic rings. The van der Waals surface area contributed by atoms with Crippen LogP contribution in [0.25, 0.3) is 0 Å². The second-order valence-corrected chi connectivity index (χ2v) is 10.6. The molecule has 40 heavy (non-hydrogen) atoms. The third-order valence-corrected chi connectivity index (χ3v) is 8.25. The zero-order valence-electron chi connectivity index (χ0n) is 21.5. The monoisotopic (exact) mass is 545 g/mol. The van der Waals surface area contributed by atoms with Crippen LogP contribution in [-0.2, 0) is 32.6 Å². The van der Waals surface area contributed by atoms with Gasteiger partial charge in [0.2, 0.25) is 17.7 Å². The Bertz CT molecular complexity index is 1510. The molecule has 3 heterocycles. The van der Waals surface area contributed by atoms with Crippen LogP contribution >= 0.6 is 0 Å². The number of piperazine rings is 1. The summed E-state index contributed by atoms with van der Waals surface area (Å²) in [6, 6.07) is 14.2. The molecule has 1 saturated heterocycles. The van der Waals surface area contributed by atoms with Crippen LogP contribution in [-0.4, -0.2) is 69.7 Å². The van der Waals surface area contributed by atoms with Crippen LogP contribution in [0.1, 0.15) is 28.3 Å². The molecule has 2 aliphatic heterocycles. The summed E-state index contributed by atoms with van der Waals surface area (Å²) in [5.41, 5.74) is 1.56. The average Bonchev–Trinajstić information content (AvgIpc) is 3.47. The van der Waals surface area contributed by atoms with E-state index in [2.05, 4.69) is 20.9 Å². The smallest absolute Gasteiger partial charge is 0.248 e.